The number of esters is 1. The lowest BCUT2D eigenvalue weighted by molar-refractivity contribution is -0.123. The second kappa shape index (κ2) is 10.6. The zero-order chi connectivity index (χ0) is 23.0. The molecule has 31 heavy (non-hydrogen) atoms. The van der Waals surface area contributed by atoms with E-state index in [1.54, 1.807) is 51.1 Å². The molecule has 0 aliphatic heterocycles. The molecule has 0 aliphatic carbocycles. The Morgan fingerprint density at radius 1 is 1.03 bits per heavy atom. The number of nitrogens with zero attached hydrogens (tertiary/aromatic N) is 1. The van der Waals surface area contributed by atoms with E-state index in [1.807, 2.05) is 5.32 Å². The molecule has 0 aromatic heterocycles. The normalized spacial score (nSPS) is 11.0. The number of urea groups is 1. The molecule has 166 valence electrons. The van der Waals surface area contributed by atoms with Crippen LogP contribution < -0.4 is 14.9 Å². The molecule has 0 unspecified atom stereocenters. The molecule has 0 fully saturated rings. The van der Waals surface area contributed by atoms with Crippen molar-refractivity contribution >= 4 is 33.6 Å². The van der Waals surface area contributed by atoms with E-state index in [0.717, 1.165) is 0 Å². The second-order valence-corrected chi connectivity index (χ2v) is 8.65. The van der Waals surface area contributed by atoms with Crippen molar-refractivity contribution in [3.05, 3.63) is 60.2 Å². The van der Waals surface area contributed by atoms with Gasteiger partial charge in [-0.1, -0.05) is 24.3 Å². The maximum atomic E-state index is 13.1. The summed E-state index contributed by atoms with van der Waals surface area (Å²) in [4.78, 5) is 35.4. The number of para-hydroxylation sites is 1. The summed E-state index contributed by atoms with van der Waals surface area (Å²) in [7, 11) is -3.93. The Morgan fingerprint density at radius 2 is 1.71 bits per heavy atom. The fraction of sp³-hybridized carbons (Fsp3) is 0.286. The molecular formula is C21H25N3O6S. The quantitative estimate of drug-likeness (QED) is 0.599. The van der Waals surface area contributed by atoms with E-state index in [-0.39, 0.29) is 23.0 Å². The summed E-state index contributed by atoms with van der Waals surface area (Å²) < 4.78 is 32.3. The standard InChI is InChI=1S/C21H25N3O6S/c1-4-24(17-10-6-5-7-11-17)31(28,29)18-12-8-9-16(13-18)20(26)30-14-19(25)23-21(27)22-15(2)3/h5-13,15H,4,14H2,1-3H3,(H2,22,23,25,27). The van der Waals surface area contributed by atoms with Gasteiger partial charge in [0.05, 0.1) is 16.1 Å². The highest BCUT2D eigenvalue weighted by molar-refractivity contribution is 7.92. The van der Waals surface area contributed by atoms with Crippen molar-refractivity contribution in [3.8, 4) is 0 Å². The number of hydrogen-bond acceptors (Lipinski definition) is 6. The predicted octanol–water partition coefficient (Wildman–Crippen LogP) is 2.29. The molecule has 0 saturated heterocycles. The number of amides is 3. The van der Waals surface area contributed by atoms with E-state index in [2.05, 4.69) is 5.32 Å². The molecule has 0 aliphatic rings. The molecule has 3 amide bonds. The highest BCUT2D eigenvalue weighted by Crippen LogP contribution is 2.24. The summed E-state index contributed by atoms with van der Waals surface area (Å²) in [6, 6.07) is 13.1. The zero-order valence-corrected chi connectivity index (χ0v) is 18.3. The number of hydrogen-bond donors (Lipinski definition) is 2. The first kappa shape index (κ1) is 23.9. The Kier molecular flexibility index (Phi) is 8.14. The largest absolute Gasteiger partial charge is 0.452 e. The summed E-state index contributed by atoms with van der Waals surface area (Å²) in [5.74, 6) is -1.70. The van der Waals surface area contributed by atoms with Crippen molar-refractivity contribution in [1.82, 2.24) is 10.6 Å². The zero-order valence-electron chi connectivity index (χ0n) is 17.5. The smallest absolute Gasteiger partial charge is 0.338 e. The molecule has 0 spiro atoms. The molecule has 0 radical (unpaired) electrons. The van der Waals surface area contributed by atoms with Crippen LogP contribution in [0.2, 0.25) is 0 Å². The molecule has 0 bridgehead atoms. The van der Waals surface area contributed by atoms with Crippen LogP contribution in [-0.2, 0) is 19.6 Å². The van der Waals surface area contributed by atoms with Gasteiger partial charge in [0, 0.05) is 12.6 Å². The van der Waals surface area contributed by atoms with E-state index in [1.165, 1.54) is 28.6 Å². The topological polar surface area (TPSA) is 122 Å². The Hall–Kier alpha value is -3.40. The Bertz CT molecular complexity index is 1040. The Balaban J connectivity index is 2.11. The van der Waals surface area contributed by atoms with E-state index < -0.39 is 34.5 Å². The third kappa shape index (κ3) is 6.54. The summed E-state index contributed by atoms with van der Waals surface area (Å²) in [6.07, 6.45) is 0. The molecule has 10 heteroatoms. The van der Waals surface area contributed by atoms with Gasteiger partial charge in [-0.05, 0) is 51.1 Å². The van der Waals surface area contributed by atoms with Crippen molar-refractivity contribution < 1.29 is 27.5 Å². The van der Waals surface area contributed by atoms with Crippen LogP contribution in [0.4, 0.5) is 10.5 Å². The van der Waals surface area contributed by atoms with Crippen LogP contribution in [0.3, 0.4) is 0 Å². The molecule has 2 rings (SSSR count). The van der Waals surface area contributed by atoms with Crippen LogP contribution in [0.25, 0.3) is 0 Å². The van der Waals surface area contributed by atoms with Crippen LogP contribution in [0.1, 0.15) is 31.1 Å². The number of carbonyl (C=O) groups excluding carboxylic acids is 3. The van der Waals surface area contributed by atoms with Crippen molar-refractivity contribution in [1.29, 1.82) is 0 Å². The first-order valence-electron chi connectivity index (χ1n) is 9.60. The van der Waals surface area contributed by atoms with Crippen LogP contribution in [0.5, 0.6) is 0 Å². The van der Waals surface area contributed by atoms with E-state index in [0.29, 0.717) is 5.69 Å². The molecule has 9 nitrogen and oxygen atoms in total. The van der Waals surface area contributed by atoms with Gasteiger partial charge < -0.3 is 10.1 Å². The first-order valence-corrected chi connectivity index (χ1v) is 11.0. The predicted molar refractivity (Wildman–Crippen MR) is 115 cm³/mol. The minimum absolute atomic E-state index is 0.0374. The van der Waals surface area contributed by atoms with Gasteiger partial charge >= 0.3 is 12.0 Å². The Labute approximate surface area is 181 Å². The number of ether oxygens (including phenoxy) is 1. The van der Waals surface area contributed by atoms with E-state index in [4.69, 9.17) is 4.74 Å². The third-order valence-electron chi connectivity index (χ3n) is 4.00. The molecule has 0 atom stereocenters. The van der Waals surface area contributed by atoms with Gasteiger partial charge in [-0.25, -0.2) is 18.0 Å². The SMILES string of the molecule is CCN(c1ccccc1)S(=O)(=O)c1cccc(C(=O)OCC(=O)NC(=O)NC(C)C)c1. The number of rotatable bonds is 8. The maximum absolute atomic E-state index is 13.1. The van der Waals surface area contributed by atoms with Crippen LogP contribution in [-0.4, -0.2) is 45.5 Å². The lowest BCUT2D eigenvalue weighted by Gasteiger charge is -2.23. The monoisotopic (exact) mass is 447 g/mol. The van der Waals surface area contributed by atoms with Gasteiger partial charge in [0.1, 0.15) is 0 Å². The van der Waals surface area contributed by atoms with Gasteiger partial charge in [-0.15, -0.1) is 0 Å². The molecule has 2 aromatic carbocycles. The van der Waals surface area contributed by atoms with Crippen molar-refractivity contribution in [2.45, 2.75) is 31.7 Å². The van der Waals surface area contributed by atoms with E-state index >= 15 is 0 Å². The molecule has 2 aromatic rings. The number of nitrogens with one attached hydrogen (secondary N) is 2. The molecule has 0 saturated carbocycles. The fourth-order valence-corrected chi connectivity index (χ4v) is 4.19. The number of benzene rings is 2. The minimum Gasteiger partial charge on any atom is -0.452 e. The highest BCUT2D eigenvalue weighted by Gasteiger charge is 2.24. The van der Waals surface area contributed by atoms with Crippen molar-refractivity contribution in [3.63, 3.8) is 0 Å². The summed E-state index contributed by atoms with van der Waals surface area (Å²) in [6.45, 7) is 4.66. The fourth-order valence-electron chi connectivity index (χ4n) is 2.67. The first-order chi connectivity index (χ1) is 14.6. The second-order valence-electron chi connectivity index (χ2n) is 6.79. The Morgan fingerprint density at radius 3 is 2.32 bits per heavy atom. The highest BCUT2D eigenvalue weighted by atomic mass is 32.2. The summed E-state index contributed by atoms with van der Waals surface area (Å²) in [5.41, 5.74) is 0.457. The number of imide groups is 1. The number of anilines is 1. The van der Waals surface area contributed by atoms with E-state index in [9.17, 15) is 22.8 Å². The van der Waals surface area contributed by atoms with Crippen LogP contribution in [0, 0.1) is 0 Å². The summed E-state index contributed by atoms with van der Waals surface area (Å²) >= 11 is 0. The van der Waals surface area contributed by atoms with Crippen LogP contribution >= 0.6 is 0 Å². The summed E-state index contributed by atoms with van der Waals surface area (Å²) in [5, 5.41) is 4.49. The lowest BCUT2D eigenvalue weighted by atomic mass is 10.2. The molecule has 0 heterocycles. The third-order valence-corrected chi connectivity index (χ3v) is 5.90. The van der Waals surface area contributed by atoms with Gasteiger partial charge in [0.2, 0.25) is 0 Å². The lowest BCUT2D eigenvalue weighted by Crippen LogP contribution is -2.44. The van der Waals surface area contributed by atoms with Gasteiger partial charge in [-0.2, -0.15) is 0 Å². The molecule has 2 N–H and O–H groups in total. The van der Waals surface area contributed by atoms with Crippen molar-refractivity contribution in [2.24, 2.45) is 0 Å². The van der Waals surface area contributed by atoms with Gasteiger partial charge in [0.25, 0.3) is 15.9 Å². The molecular weight excluding hydrogens is 422 g/mol. The van der Waals surface area contributed by atoms with Gasteiger partial charge in [0.15, 0.2) is 6.61 Å². The average molecular weight is 448 g/mol. The minimum atomic E-state index is -3.93. The average Bonchev–Trinajstić information content (AvgIpc) is 2.72. The number of carbonyl (C=O) groups is 3. The van der Waals surface area contributed by atoms with Crippen LogP contribution in [0.15, 0.2) is 59.5 Å². The van der Waals surface area contributed by atoms with Crippen molar-refractivity contribution in [2.75, 3.05) is 17.5 Å². The van der Waals surface area contributed by atoms with Gasteiger partial charge in [-0.3, -0.25) is 14.4 Å². The maximum Gasteiger partial charge on any atom is 0.338 e. The number of sulfonamides is 1.